The molecule has 0 aromatic rings. The number of carbonyl (C=O) groups excluding carboxylic acids is 1. The molecule has 0 saturated heterocycles. The molecule has 4 aliphatic rings. The van der Waals surface area contributed by atoms with Crippen LogP contribution in [0.1, 0.15) is 112 Å². The van der Waals surface area contributed by atoms with Gasteiger partial charge in [-0.1, -0.05) is 66.0 Å². The fraction of sp³-hybridized carbons (Fsp3) is 0.912. The zero-order valence-corrected chi connectivity index (χ0v) is 26.2. The summed E-state index contributed by atoms with van der Waals surface area (Å²) in [6.07, 6.45) is 16.7. The van der Waals surface area contributed by atoms with Crippen LogP contribution in [0.15, 0.2) is 11.6 Å². The molecular weight excluding hydrogens is 468 g/mol. The van der Waals surface area contributed by atoms with E-state index in [2.05, 4.69) is 57.8 Å². The van der Waals surface area contributed by atoms with Crippen LogP contribution in [0.25, 0.3) is 0 Å². The monoisotopic (exact) mass is 528 g/mol. The van der Waals surface area contributed by atoms with Crippen LogP contribution >= 0.6 is 0 Å². The number of carbonyl (C=O) groups is 1. The Bertz CT molecular complexity index is 836. The Balaban J connectivity index is 1.37. The van der Waals surface area contributed by atoms with Gasteiger partial charge in [0.2, 0.25) is 0 Å². The highest BCUT2D eigenvalue weighted by atomic mass is 16.6. The summed E-state index contributed by atoms with van der Waals surface area (Å²) < 4.78 is 5.88. The van der Waals surface area contributed by atoms with Gasteiger partial charge in [-0.15, -0.1) is 0 Å². The molecule has 0 radical (unpaired) electrons. The second-order valence-electron chi connectivity index (χ2n) is 15.0. The molecule has 0 aromatic heterocycles. The molecule has 1 N–H and O–H groups in total. The Kier molecular flexibility index (Phi) is 9.64. The van der Waals surface area contributed by atoms with Gasteiger partial charge < -0.3 is 15.0 Å². The summed E-state index contributed by atoms with van der Waals surface area (Å²) in [5.74, 6) is 6.04. The molecule has 38 heavy (non-hydrogen) atoms. The van der Waals surface area contributed by atoms with Gasteiger partial charge in [0.15, 0.2) is 0 Å². The van der Waals surface area contributed by atoms with Crippen LogP contribution in [0.3, 0.4) is 0 Å². The van der Waals surface area contributed by atoms with E-state index in [0.717, 1.165) is 60.8 Å². The summed E-state index contributed by atoms with van der Waals surface area (Å²) in [6.45, 7) is 16.5. The van der Waals surface area contributed by atoms with Crippen LogP contribution in [0.2, 0.25) is 0 Å². The average Bonchev–Trinajstić information content (AvgIpc) is 3.21. The van der Waals surface area contributed by atoms with E-state index in [1.54, 1.807) is 5.57 Å². The van der Waals surface area contributed by atoms with Gasteiger partial charge in [0.25, 0.3) is 0 Å². The van der Waals surface area contributed by atoms with E-state index in [0.29, 0.717) is 17.4 Å². The van der Waals surface area contributed by atoms with Gasteiger partial charge in [-0.2, -0.15) is 0 Å². The van der Waals surface area contributed by atoms with Crippen molar-refractivity contribution in [3.63, 3.8) is 0 Å². The van der Waals surface area contributed by atoms with E-state index < -0.39 is 0 Å². The van der Waals surface area contributed by atoms with Crippen molar-refractivity contribution in [3.8, 4) is 0 Å². The molecule has 0 aromatic carbocycles. The van der Waals surface area contributed by atoms with Crippen molar-refractivity contribution in [1.82, 2.24) is 10.2 Å². The number of fused-ring (bicyclic) bond motifs is 5. The molecule has 0 heterocycles. The van der Waals surface area contributed by atoms with Crippen LogP contribution < -0.4 is 5.32 Å². The molecule has 3 fully saturated rings. The molecule has 218 valence electrons. The highest BCUT2D eigenvalue weighted by Gasteiger charge is 2.59. The fourth-order valence-corrected chi connectivity index (χ4v) is 9.97. The molecule has 1 amide bonds. The van der Waals surface area contributed by atoms with E-state index in [1.165, 1.54) is 57.8 Å². The van der Waals surface area contributed by atoms with Crippen molar-refractivity contribution >= 4 is 6.09 Å². The minimum atomic E-state index is -0.243. The largest absolute Gasteiger partial charge is 0.446 e. The number of nitrogens with zero attached hydrogens (tertiary/aromatic N) is 1. The number of hydrogen-bond donors (Lipinski definition) is 1. The second-order valence-corrected chi connectivity index (χ2v) is 15.0. The SMILES string of the molecule is CCC(CC[C@@H](C)[C@H]1CC[C@H]2C3CC=C4C[C@@H](OC(=O)NCCN(C)C)CCC4(C)[C@H]3CCC12C)C(C)C. The minimum Gasteiger partial charge on any atom is -0.446 e. The van der Waals surface area contributed by atoms with Crippen molar-refractivity contribution < 1.29 is 9.53 Å². The van der Waals surface area contributed by atoms with Gasteiger partial charge in [0, 0.05) is 19.5 Å². The number of nitrogens with one attached hydrogen (secondary N) is 1. The molecule has 9 atom stereocenters. The molecule has 0 bridgehead atoms. The number of hydrogen-bond acceptors (Lipinski definition) is 3. The lowest BCUT2D eigenvalue weighted by Gasteiger charge is -2.58. The first-order chi connectivity index (χ1) is 18.0. The Morgan fingerprint density at radius 3 is 2.53 bits per heavy atom. The van der Waals surface area contributed by atoms with E-state index in [-0.39, 0.29) is 12.2 Å². The first-order valence-electron chi connectivity index (χ1n) is 16.3. The number of alkyl carbamates (subject to hydrolysis) is 1. The van der Waals surface area contributed by atoms with Crippen LogP contribution in [0.4, 0.5) is 4.79 Å². The topological polar surface area (TPSA) is 41.6 Å². The molecule has 4 rings (SSSR count). The summed E-state index contributed by atoms with van der Waals surface area (Å²) in [5.41, 5.74) is 2.44. The fourth-order valence-electron chi connectivity index (χ4n) is 9.97. The predicted molar refractivity (Wildman–Crippen MR) is 159 cm³/mol. The standard InChI is InChI=1S/C34H60N2O2/c1-9-25(23(2)3)11-10-24(4)29-14-15-30-28-13-12-26-22-27(38-32(37)35-20-21-36(7)8)16-18-33(26,5)31(28)17-19-34(29,30)6/h12,23-25,27-31H,9-11,13-22H2,1-8H3,(H,35,37)/t24-,25?,27+,28?,29-,30+,31+,33?,34?/m1/s1. The number of likely N-dealkylation sites (N-methyl/N-ethyl adjacent to an activating group) is 1. The lowest BCUT2D eigenvalue weighted by Crippen LogP contribution is -2.51. The van der Waals surface area contributed by atoms with Crippen molar-refractivity contribution in [1.29, 1.82) is 0 Å². The normalized spacial score (nSPS) is 38.2. The first-order valence-corrected chi connectivity index (χ1v) is 16.3. The average molecular weight is 529 g/mol. The van der Waals surface area contributed by atoms with Crippen LogP contribution in [0, 0.1) is 52.3 Å². The number of amides is 1. The maximum absolute atomic E-state index is 12.4. The molecule has 4 unspecified atom stereocenters. The van der Waals surface area contributed by atoms with Gasteiger partial charge in [-0.3, -0.25) is 0 Å². The zero-order chi connectivity index (χ0) is 27.7. The van der Waals surface area contributed by atoms with Crippen molar-refractivity contribution in [2.45, 2.75) is 118 Å². The molecule has 4 nitrogen and oxygen atoms in total. The van der Waals surface area contributed by atoms with Gasteiger partial charge >= 0.3 is 6.09 Å². The van der Waals surface area contributed by atoms with Crippen LogP contribution in [-0.4, -0.2) is 44.3 Å². The Labute approximate surface area is 235 Å². The van der Waals surface area contributed by atoms with Gasteiger partial charge in [0.1, 0.15) is 6.10 Å². The van der Waals surface area contributed by atoms with E-state index in [9.17, 15) is 4.79 Å². The van der Waals surface area contributed by atoms with Gasteiger partial charge in [0.05, 0.1) is 0 Å². The Hall–Kier alpha value is -1.03. The molecule has 4 heteroatoms. The zero-order valence-electron chi connectivity index (χ0n) is 26.2. The minimum absolute atomic E-state index is 0.0357. The molecule has 0 aliphatic heterocycles. The van der Waals surface area contributed by atoms with Gasteiger partial charge in [-0.25, -0.2) is 4.79 Å². The van der Waals surface area contributed by atoms with Gasteiger partial charge in [-0.05, 0) is 118 Å². The first kappa shape index (κ1) is 29.9. The van der Waals surface area contributed by atoms with E-state index in [4.69, 9.17) is 4.74 Å². The van der Waals surface area contributed by atoms with Crippen LogP contribution in [0.5, 0.6) is 0 Å². The summed E-state index contributed by atoms with van der Waals surface area (Å²) >= 11 is 0. The lowest BCUT2D eigenvalue weighted by atomic mass is 9.47. The maximum Gasteiger partial charge on any atom is 0.407 e. The third kappa shape index (κ3) is 6.01. The third-order valence-electron chi connectivity index (χ3n) is 12.4. The lowest BCUT2D eigenvalue weighted by molar-refractivity contribution is -0.0583. The smallest absolute Gasteiger partial charge is 0.407 e. The summed E-state index contributed by atoms with van der Waals surface area (Å²) in [6, 6.07) is 0. The Morgan fingerprint density at radius 1 is 1.08 bits per heavy atom. The number of allylic oxidation sites excluding steroid dienone is 1. The summed E-state index contributed by atoms with van der Waals surface area (Å²) in [5, 5.41) is 2.93. The Morgan fingerprint density at radius 2 is 1.84 bits per heavy atom. The maximum atomic E-state index is 12.4. The highest BCUT2D eigenvalue weighted by molar-refractivity contribution is 5.67. The summed E-state index contributed by atoms with van der Waals surface area (Å²) in [4.78, 5) is 14.4. The van der Waals surface area contributed by atoms with E-state index in [1.807, 2.05) is 14.1 Å². The molecule has 0 spiro atoms. The molecule has 3 saturated carbocycles. The van der Waals surface area contributed by atoms with Crippen molar-refractivity contribution in [2.24, 2.45) is 52.3 Å². The summed E-state index contributed by atoms with van der Waals surface area (Å²) in [7, 11) is 4.04. The quantitative estimate of drug-likeness (QED) is 0.290. The van der Waals surface area contributed by atoms with E-state index >= 15 is 0 Å². The van der Waals surface area contributed by atoms with Crippen molar-refractivity contribution in [2.75, 3.05) is 27.2 Å². The highest BCUT2D eigenvalue weighted by Crippen LogP contribution is 2.67. The third-order valence-corrected chi connectivity index (χ3v) is 12.4. The predicted octanol–water partition coefficient (Wildman–Crippen LogP) is 8.32. The second kappa shape index (κ2) is 12.2. The van der Waals surface area contributed by atoms with Crippen LogP contribution in [-0.2, 0) is 4.74 Å². The molecular formula is C34H60N2O2. The number of ether oxygens (including phenoxy) is 1. The van der Waals surface area contributed by atoms with Crippen molar-refractivity contribution in [3.05, 3.63) is 11.6 Å². The number of rotatable bonds is 10. The molecule has 4 aliphatic carbocycles.